The molecule has 0 spiro atoms. The molecule has 0 saturated carbocycles. The van der Waals surface area contributed by atoms with Crippen LogP contribution in [0.15, 0.2) is 79.1 Å². The lowest BCUT2D eigenvalue weighted by Crippen LogP contribution is -2.21. The van der Waals surface area contributed by atoms with E-state index in [2.05, 4.69) is 24.1 Å². The Morgan fingerprint density at radius 3 is 2.29 bits per heavy atom. The lowest BCUT2D eigenvalue weighted by atomic mass is 10.2. The Kier molecular flexibility index (Phi) is 7.89. The summed E-state index contributed by atoms with van der Waals surface area (Å²) in [6.07, 6.45) is 4.32. The number of anilines is 2. The average Bonchev–Trinajstić information content (AvgIpc) is 2.78. The number of benzene rings is 2. The van der Waals surface area contributed by atoms with E-state index < -0.39 is 13.2 Å². The maximum atomic E-state index is 14.7. The average molecular weight is 438 g/mol. The molecule has 0 amide bonds. The molecule has 3 aromatic rings. The zero-order valence-corrected chi connectivity index (χ0v) is 19.6. The molecule has 0 fully saturated rings. The third-order valence-electron chi connectivity index (χ3n) is 5.12. The summed E-state index contributed by atoms with van der Waals surface area (Å²) in [5.74, 6) is -0.0931. The molecule has 3 rings (SSSR count). The fourth-order valence-electron chi connectivity index (χ4n) is 3.28. The zero-order chi connectivity index (χ0) is 22.3. The van der Waals surface area contributed by atoms with Crippen LogP contribution in [0.4, 0.5) is 11.4 Å². The van der Waals surface area contributed by atoms with Gasteiger partial charge in [0.2, 0.25) is 0 Å². The normalized spacial score (nSPS) is 14.1. The standard InChI is InChI=1S/C25H32N3O2P/c1-20(2)16-18-30-31(29,24-14-12-23(13-15-24)28(3)4)25(21-9-8-17-26-19-21)27-22-10-6-5-7-11-22/h5-15,17,19-20,25,27H,16,18H2,1-4H3. The molecule has 0 aliphatic carbocycles. The van der Waals surface area contributed by atoms with E-state index in [1.807, 2.05) is 85.7 Å². The second-order valence-corrected chi connectivity index (χ2v) is 10.7. The van der Waals surface area contributed by atoms with Gasteiger partial charge in [-0.3, -0.25) is 9.55 Å². The van der Waals surface area contributed by atoms with Gasteiger partial charge in [0.25, 0.3) is 7.37 Å². The van der Waals surface area contributed by atoms with E-state index in [1.165, 1.54) is 0 Å². The maximum absolute atomic E-state index is 14.7. The van der Waals surface area contributed by atoms with E-state index in [4.69, 9.17) is 4.52 Å². The van der Waals surface area contributed by atoms with Crippen molar-refractivity contribution in [1.29, 1.82) is 0 Å². The number of hydrogen-bond donors (Lipinski definition) is 1. The van der Waals surface area contributed by atoms with Crippen LogP contribution in [0.2, 0.25) is 0 Å². The summed E-state index contributed by atoms with van der Waals surface area (Å²) in [5.41, 5.74) is 2.76. The molecule has 0 radical (unpaired) electrons. The van der Waals surface area contributed by atoms with Crippen LogP contribution in [-0.2, 0) is 9.09 Å². The van der Waals surface area contributed by atoms with Gasteiger partial charge in [-0.05, 0) is 54.8 Å². The number of aromatic nitrogens is 1. The van der Waals surface area contributed by atoms with Gasteiger partial charge in [-0.25, -0.2) is 0 Å². The van der Waals surface area contributed by atoms with Crippen LogP contribution < -0.4 is 15.5 Å². The fraction of sp³-hybridized carbons (Fsp3) is 0.320. The molecule has 2 atom stereocenters. The molecule has 0 aliphatic rings. The highest BCUT2D eigenvalue weighted by Crippen LogP contribution is 2.59. The summed E-state index contributed by atoms with van der Waals surface area (Å²) < 4.78 is 20.9. The predicted molar refractivity (Wildman–Crippen MR) is 130 cm³/mol. The molecule has 2 unspecified atom stereocenters. The Balaban J connectivity index is 2.06. The maximum Gasteiger partial charge on any atom is 0.258 e. The molecule has 6 heteroatoms. The molecule has 1 aromatic heterocycles. The number of nitrogens with zero attached hydrogens (tertiary/aromatic N) is 2. The number of hydrogen-bond acceptors (Lipinski definition) is 5. The highest BCUT2D eigenvalue weighted by Gasteiger charge is 2.38. The summed E-state index contributed by atoms with van der Waals surface area (Å²) in [5, 5.41) is 4.17. The molecule has 5 nitrogen and oxygen atoms in total. The van der Waals surface area contributed by atoms with Gasteiger partial charge in [-0.2, -0.15) is 0 Å². The van der Waals surface area contributed by atoms with Crippen molar-refractivity contribution in [1.82, 2.24) is 4.98 Å². The number of rotatable bonds is 10. The van der Waals surface area contributed by atoms with Crippen molar-refractivity contribution in [2.24, 2.45) is 5.92 Å². The summed E-state index contributed by atoms with van der Waals surface area (Å²) in [7, 11) is 0.633. The molecule has 0 saturated heterocycles. The van der Waals surface area contributed by atoms with Crippen LogP contribution in [0.3, 0.4) is 0 Å². The van der Waals surface area contributed by atoms with E-state index in [-0.39, 0.29) is 0 Å². The predicted octanol–water partition coefficient (Wildman–Crippen LogP) is 5.92. The number of para-hydroxylation sites is 1. The Morgan fingerprint density at radius 2 is 1.71 bits per heavy atom. The quantitative estimate of drug-likeness (QED) is 0.399. The highest BCUT2D eigenvalue weighted by molar-refractivity contribution is 7.67. The first kappa shape index (κ1) is 23.1. The molecule has 31 heavy (non-hydrogen) atoms. The molecular weight excluding hydrogens is 405 g/mol. The topological polar surface area (TPSA) is 54.5 Å². The molecule has 1 N–H and O–H groups in total. The Morgan fingerprint density at radius 1 is 1.00 bits per heavy atom. The summed E-state index contributed by atoms with van der Waals surface area (Å²) in [4.78, 5) is 6.30. The van der Waals surface area contributed by atoms with Crippen molar-refractivity contribution in [2.45, 2.75) is 26.1 Å². The minimum atomic E-state index is -3.35. The van der Waals surface area contributed by atoms with Crippen molar-refractivity contribution in [3.8, 4) is 0 Å². The van der Waals surface area contributed by atoms with Crippen LogP contribution in [0.1, 0.15) is 31.6 Å². The van der Waals surface area contributed by atoms with Gasteiger partial charge in [0.1, 0.15) is 5.78 Å². The number of nitrogens with one attached hydrogen (secondary N) is 1. The third kappa shape index (κ3) is 5.96. The van der Waals surface area contributed by atoms with Crippen molar-refractivity contribution < 1.29 is 9.09 Å². The van der Waals surface area contributed by atoms with Gasteiger partial charge in [-0.15, -0.1) is 0 Å². The van der Waals surface area contributed by atoms with Crippen molar-refractivity contribution in [3.63, 3.8) is 0 Å². The lowest BCUT2D eigenvalue weighted by Gasteiger charge is -2.30. The zero-order valence-electron chi connectivity index (χ0n) is 18.7. The second kappa shape index (κ2) is 10.6. The van der Waals surface area contributed by atoms with Crippen LogP contribution in [0.5, 0.6) is 0 Å². The van der Waals surface area contributed by atoms with Gasteiger partial charge in [-0.1, -0.05) is 38.1 Å². The summed E-state index contributed by atoms with van der Waals surface area (Å²) in [6, 6.07) is 21.4. The lowest BCUT2D eigenvalue weighted by molar-refractivity contribution is 0.290. The highest BCUT2D eigenvalue weighted by atomic mass is 31.2. The van der Waals surface area contributed by atoms with E-state index in [9.17, 15) is 4.57 Å². The van der Waals surface area contributed by atoms with Crippen molar-refractivity contribution in [3.05, 3.63) is 84.7 Å². The van der Waals surface area contributed by atoms with Gasteiger partial charge in [0, 0.05) is 48.7 Å². The first-order chi connectivity index (χ1) is 14.9. The smallest absolute Gasteiger partial charge is 0.258 e. The minimum Gasteiger partial charge on any atom is -0.378 e. The molecular formula is C25H32N3O2P. The summed E-state index contributed by atoms with van der Waals surface area (Å²) >= 11 is 0. The largest absolute Gasteiger partial charge is 0.378 e. The van der Waals surface area contributed by atoms with E-state index >= 15 is 0 Å². The van der Waals surface area contributed by atoms with Crippen LogP contribution in [-0.4, -0.2) is 25.7 Å². The van der Waals surface area contributed by atoms with Gasteiger partial charge in [0.15, 0.2) is 0 Å². The first-order valence-corrected chi connectivity index (χ1v) is 12.3. The molecule has 2 aromatic carbocycles. The monoisotopic (exact) mass is 437 g/mol. The van der Waals surface area contributed by atoms with Crippen LogP contribution in [0.25, 0.3) is 0 Å². The van der Waals surface area contributed by atoms with Crippen LogP contribution >= 0.6 is 7.37 Å². The van der Waals surface area contributed by atoms with Gasteiger partial charge >= 0.3 is 0 Å². The second-order valence-electron chi connectivity index (χ2n) is 8.22. The molecule has 1 heterocycles. The molecule has 164 valence electrons. The molecule has 0 aliphatic heterocycles. The first-order valence-electron chi connectivity index (χ1n) is 10.6. The fourth-order valence-corrected chi connectivity index (χ4v) is 5.68. The van der Waals surface area contributed by atoms with Gasteiger partial charge in [0.05, 0.1) is 6.61 Å². The van der Waals surface area contributed by atoms with E-state index in [1.54, 1.807) is 12.4 Å². The third-order valence-corrected chi connectivity index (χ3v) is 7.81. The SMILES string of the molecule is CC(C)CCOP(=O)(c1ccc(N(C)C)cc1)C(Nc1ccccc1)c1cccnc1. The van der Waals surface area contributed by atoms with E-state index in [0.717, 1.165) is 23.4 Å². The Labute approximate surface area is 185 Å². The molecule has 0 bridgehead atoms. The summed E-state index contributed by atoms with van der Waals surface area (Å²) in [6.45, 7) is 4.71. The Hall–Kier alpha value is -2.62. The van der Waals surface area contributed by atoms with E-state index in [0.29, 0.717) is 17.8 Å². The van der Waals surface area contributed by atoms with Crippen molar-refractivity contribution in [2.75, 3.05) is 30.9 Å². The van der Waals surface area contributed by atoms with Crippen molar-refractivity contribution >= 4 is 24.0 Å². The Bertz CT molecular complexity index is 977. The van der Waals surface area contributed by atoms with Gasteiger partial charge < -0.3 is 14.7 Å². The van der Waals surface area contributed by atoms with Crippen LogP contribution in [0, 0.1) is 5.92 Å². The number of pyridine rings is 1. The minimum absolute atomic E-state index is 0.428.